The summed E-state index contributed by atoms with van der Waals surface area (Å²) in [7, 11) is 1.87. The van der Waals surface area contributed by atoms with Gasteiger partial charge in [0.15, 0.2) is 0 Å². The molecule has 0 amide bonds. The zero-order chi connectivity index (χ0) is 11.8. The largest absolute Gasteiger partial charge is 0.492 e. The van der Waals surface area contributed by atoms with E-state index in [4.69, 9.17) is 16.3 Å². The van der Waals surface area contributed by atoms with E-state index >= 15 is 0 Å². The van der Waals surface area contributed by atoms with Gasteiger partial charge >= 0.3 is 0 Å². The second-order valence-electron chi connectivity index (χ2n) is 4.30. The molecule has 1 N–H and O–H groups in total. The predicted molar refractivity (Wildman–Crippen MR) is 62.6 cm³/mol. The van der Waals surface area contributed by atoms with Gasteiger partial charge in [0.2, 0.25) is 0 Å². The Balaban J connectivity index is 2.60. The predicted octanol–water partition coefficient (Wildman–Crippen LogP) is 3.09. The van der Waals surface area contributed by atoms with Gasteiger partial charge in [0.1, 0.15) is 11.6 Å². The van der Waals surface area contributed by atoms with Crippen LogP contribution in [0, 0.1) is 5.82 Å². The van der Waals surface area contributed by atoms with Crippen LogP contribution in [0.1, 0.15) is 25.3 Å². The lowest BCUT2D eigenvalue weighted by Gasteiger charge is -2.29. The van der Waals surface area contributed by atoms with Crippen molar-refractivity contribution >= 4 is 11.6 Å². The second-order valence-corrected chi connectivity index (χ2v) is 4.71. The third-order valence-electron chi connectivity index (χ3n) is 3.22. The molecule has 0 radical (unpaired) electrons. The van der Waals surface area contributed by atoms with E-state index in [0.29, 0.717) is 17.4 Å². The van der Waals surface area contributed by atoms with Crippen molar-refractivity contribution in [1.82, 2.24) is 5.32 Å². The average Bonchev–Trinajstić information content (AvgIpc) is 2.40. The summed E-state index contributed by atoms with van der Waals surface area (Å²) in [6.07, 6.45) is 1.82. The second kappa shape index (κ2) is 4.22. The molecule has 1 aromatic carbocycles. The Kier molecular flexibility index (Phi) is 3.08. The van der Waals surface area contributed by atoms with E-state index in [-0.39, 0.29) is 11.4 Å². The summed E-state index contributed by atoms with van der Waals surface area (Å²) in [4.78, 5) is 0. The summed E-state index contributed by atoms with van der Waals surface area (Å²) >= 11 is 6.01. The highest BCUT2D eigenvalue weighted by Gasteiger charge is 2.31. The molecule has 0 fully saturated rings. The third-order valence-corrected chi connectivity index (χ3v) is 3.50. The first kappa shape index (κ1) is 11.7. The molecule has 0 spiro atoms. The van der Waals surface area contributed by atoms with Crippen LogP contribution in [0.2, 0.25) is 5.02 Å². The fraction of sp³-hybridized carbons (Fsp3) is 0.500. The van der Waals surface area contributed by atoms with Crippen LogP contribution in [-0.4, -0.2) is 13.7 Å². The van der Waals surface area contributed by atoms with Crippen molar-refractivity contribution in [3.05, 3.63) is 28.5 Å². The van der Waals surface area contributed by atoms with Gasteiger partial charge in [-0.05, 0) is 38.9 Å². The van der Waals surface area contributed by atoms with Crippen molar-refractivity contribution in [3.63, 3.8) is 0 Å². The Labute approximate surface area is 99.7 Å². The SMILES string of the molecule is CNC1(C)CCCOc2c(Cl)cc(F)cc21. The normalized spacial score (nSPS) is 24.5. The standard InChI is InChI=1S/C12H15ClFNO/c1-12(15-2)4-3-5-16-11-9(12)6-8(14)7-10(11)13/h6-7,15H,3-5H2,1-2H3. The summed E-state index contributed by atoms with van der Waals surface area (Å²) in [6.45, 7) is 2.66. The molecular weight excluding hydrogens is 229 g/mol. The maximum absolute atomic E-state index is 13.4. The van der Waals surface area contributed by atoms with Gasteiger partial charge in [-0.1, -0.05) is 11.6 Å². The first-order valence-electron chi connectivity index (χ1n) is 5.38. The quantitative estimate of drug-likeness (QED) is 0.819. The third kappa shape index (κ3) is 1.89. The lowest BCUT2D eigenvalue weighted by Crippen LogP contribution is -2.36. The molecule has 0 aliphatic carbocycles. The molecule has 1 aliphatic heterocycles. The number of ether oxygens (including phenoxy) is 1. The first-order chi connectivity index (χ1) is 7.57. The van der Waals surface area contributed by atoms with Crippen LogP contribution in [0.15, 0.2) is 12.1 Å². The molecule has 2 rings (SSSR count). The summed E-state index contributed by atoms with van der Waals surface area (Å²) in [5.41, 5.74) is 0.523. The lowest BCUT2D eigenvalue weighted by molar-refractivity contribution is 0.308. The first-order valence-corrected chi connectivity index (χ1v) is 5.76. The van der Waals surface area contributed by atoms with Crippen LogP contribution in [0.4, 0.5) is 4.39 Å². The summed E-state index contributed by atoms with van der Waals surface area (Å²) in [6, 6.07) is 2.80. The fourth-order valence-electron chi connectivity index (χ4n) is 2.11. The molecule has 88 valence electrons. The Bertz CT molecular complexity index is 410. The molecule has 0 aromatic heterocycles. The van der Waals surface area contributed by atoms with Crippen LogP contribution in [0.5, 0.6) is 5.75 Å². The number of hydrogen-bond donors (Lipinski definition) is 1. The fourth-order valence-corrected chi connectivity index (χ4v) is 2.37. The van der Waals surface area contributed by atoms with E-state index in [1.165, 1.54) is 12.1 Å². The molecule has 0 bridgehead atoms. The van der Waals surface area contributed by atoms with Crippen molar-refractivity contribution in [3.8, 4) is 5.75 Å². The zero-order valence-electron chi connectivity index (χ0n) is 9.44. The minimum atomic E-state index is -0.323. The molecule has 0 saturated carbocycles. The number of benzene rings is 1. The van der Waals surface area contributed by atoms with Crippen LogP contribution in [-0.2, 0) is 5.54 Å². The van der Waals surface area contributed by atoms with Crippen LogP contribution < -0.4 is 10.1 Å². The zero-order valence-corrected chi connectivity index (χ0v) is 10.2. The number of nitrogens with one attached hydrogen (secondary N) is 1. The molecular formula is C12H15ClFNO. The highest BCUT2D eigenvalue weighted by atomic mass is 35.5. The number of fused-ring (bicyclic) bond motifs is 1. The Hall–Kier alpha value is -0.800. The van der Waals surface area contributed by atoms with Crippen molar-refractivity contribution in [1.29, 1.82) is 0 Å². The number of halogens is 2. The van der Waals surface area contributed by atoms with Crippen LogP contribution in [0.3, 0.4) is 0 Å². The van der Waals surface area contributed by atoms with Gasteiger partial charge in [0.25, 0.3) is 0 Å². The molecule has 4 heteroatoms. The number of rotatable bonds is 1. The maximum atomic E-state index is 13.4. The molecule has 16 heavy (non-hydrogen) atoms. The van der Waals surface area contributed by atoms with E-state index in [1.54, 1.807) is 0 Å². The summed E-state index contributed by atoms with van der Waals surface area (Å²) in [5, 5.41) is 3.57. The van der Waals surface area contributed by atoms with Gasteiger partial charge in [-0.2, -0.15) is 0 Å². The van der Waals surface area contributed by atoms with Gasteiger partial charge in [-0.25, -0.2) is 4.39 Å². The van der Waals surface area contributed by atoms with E-state index in [2.05, 4.69) is 5.32 Å². The average molecular weight is 244 g/mol. The summed E-state index contributed by atoms with van der Waals surface area (Å²) in [5.74, 6) is 0.285. The van der Waals surface area contributed by atoms with Gasteiger partial charge in [-0.15, -0.1) is 0 Å². The van der Waals surface area contributed by atoms with Gasteiger partial charge in [-0.3, -0.25) is 0 Å². The maximum Gasteiger partial charge on any atom is 0.143 e. The monoisotopic (exact) mass is 243 g/mol. The molecule has 2 nitrogen and oxygen atoms in total. The van der Waals surface area contributed by atoms with Crippen LogP contribution in [0.25, 0.3) is 0 Å². The molecule has 1 atom stereocenters. The van der Waals surface area contributed by atoms with Crippen LogP contribution >= 0.6 is 11.6 Å². The lowest BCUT2D eigenvalue weighted by atomic mass is 9.87. The topological polar surface area (TPSA) is 21.3 Å². The van der Waals surface area contributed by atoms with E-state index < -0.39 is 0 Å². The van der Waals surface area contributed by atoms with Crippen molar-refractivity contribution in [2.24, 2.45) is 0 Å². The van der Waals surface area contributed by atoms with Gasteiger partial charge in [0, 0.05) is 11.1 Å². The van der Waals surface area contributed by atoms with Gasteiger partial charge < -0.3 is 10.1 Å². The smallest absolute Gasteiger partial charge is 0.143 e. The minimum absolute atomic E-state index is 0.280. The van der Waals surface area contributed by atoms with Gasteiger partial charge in [0.05, 0.1) is 11.6 Å². The van der Waals surface area contributed by atoms with E-state index in [9.17, 15) is 4.39 Å². The Morgan fingerprint density at radius 2 is 2.25 bits per heavy atom. The Morgan fingerprint density at radius 1 is 1.50 bits per heavy atom. The molecule has 0 saturated heterocycles. The van der Waals surface area contributed by atoms with E-state index in [1.807, 2.05) is 14.0 Å². The van der Waals surface area contributed by atoms with Crippen molar-refractivity contribution in [2.75, 3.05) is 13.7 Å². The highest BCUT2D eigenvalue weighted by molar-refractivity contribution is 6.32. The highest BCUT2D eigenvalue weighted by Crippen LogP contribution is 2.40. The molecule has 1 unspecified atom stereocenters. The van der Waals surface area contributed by atoms with Crippen molar-refractivity contribution in [2.45, 2.75) is 25.3 Å². The summed E-state index contributed by atoms with van der Waals surface area (Å²) < 4.78 is 19.0. The molecule has 1 aromatic rings. The Morgan fingerprint density at radius 3 is 2.94 bits per heavy atom. The van der Waals surface area contributed by atoms with Crippen molar-refractivity contribution < 1.29 is 9.13 Å². The molecule has 1 heterocycles. The minimum Gasteiger partial charge on any atom is -0.492 e. The molecule has 1 aliphatic rings. The number of hydrogen-bond acceptors (Lipinski definition) is 2. The van der Waals surface area contributed by atoms with E-state index in [0.717, 1.165) is 18.4 Å².